The molecule has 3 rings (SSSR count). The van der Waals surface area contributed by atoms with Gasteiger partial charge in [-0.2, -0.15) is 0 Å². The van der Waals surface area contributed by atoms with E-state index in [1.807, 2.05) is 6.07 Å². The Morgan fingerprint density at radius 1 is 1.18 bits per heavy atom. The SMILES string of the molecule is C[C@@H]1CCCN(c2ccc([C@@H](C)NC3CCCC3)cc2F)C1. The molecule has 1 heterocycles. The molecule has 2 atom stereocenters. The third-order valence-corrected chi connectivity index (χ3v) is 5.31. The Morgan fingerprint density at radius 3 is 2.64 bits per heavy atom. The Bertz CT molecular complexity index is 496. The highest BCUT2D eigenvalue weighted by Gasteiger charge is 2.21. The van der Waals surface area contributed by atoms with Gasteiger partial charge in [-0.25, -0.2) is 4.39 Å². The highest BCUT2D eigenvalue weighted by atomic mass is 19.1. The number of hydrogen-bond donors (Lipinski definition) is 1. The van der Waals surface area contributed by atoms with Crippen LogP contribution in [-0.4, -0.2) is 19.1 Å². The van der Waals surface area contributed by atoms with Gasteiger partial charge in [-0.3, -0.25) is 0 Å². The zero-order valence-corrected chi connectivity index (χ0v) is 13.9. The van der Waals surface area contributed by atoms with Crippen molar-refractivity contribution >= 4 is 5.69 Å². The van der Waals surface area contributed by atoms with E-state index in [1.54, 1.807) is 6.07 Å². The highest BCUT2D eigenvalue weighted by molar-refractivity contribution is 5.50. The van der Waals surface area contributed by atoms with Crippen LogP contribution in [0.4, 0.5) is 10.1 Å². The van der Waals surface area contributed by atoms with Gasteiger partial charge >= 0.3 is 0 Å². The van der Waals surface area contributed by atoms with Crippen molar-refractivity contribution in [1.82, 2.24) is 5.32 Å². The molecule has 1 aromatic rings. The predicted octanol–water partition coefficient (Wildman–Crippen LogP) is 4.66. The largest absolute Gasteiger partial charge is 0.369 e. The van der Waals surface area contributed by atoms with E-state index >= 15 is 0 Å². The van der Waals surface area contributed by atoms with Crippen LogP contribution in [0.3, 0.4) is 0 Å². The van der Waals surface area contributed by atoms with Gasteiger partial charge in [0.05, 0.1) is 5.69 Å². The molecule has 2 nitrogen and oxygen atoms in total. The summed E-state index contributed by atoms with van der Waals surface area (Å²) in [6, 6.07) is 6.66. The van der Waals surface area contributed by atoms with Gasteiger partial charge < -0.3 is 10.2 Å². The number of benzene rings is 1. The van der Waals surface area contributed by atoms with E-state index in [2.05, 4.69) is 30.1 Å². The summed E-state index contributed by atoms with van der Waals surface area (Å²) < 4.78 is 14.6. The van der Waals surface area contributed by atoms with E-state index in [1.165, 1.54) is 38.5 Å². The normalized spacial score (nSPS) is 24.7. The van der Waals surface area contributed by atoms with Gasteiger partial charge in [0.15, 0.2) is 0 Å². The summed E-state index contributed by atoms with van der Waals surface area (Å²) in [5.41, 5.74) is 1.85. The molecule has 1 saturated carbocycles. The molecule has 2 fully saturated rings. The van der Waals surface area contributed by atoms with E-state index in [0.29, 0.717) is 12.0 Å². The van der Waals surface area contributed by atoms with E-state index in [-0.39, 0.29) is 11.9 Å². The topological polar surface area (TPSA) is 15.3 Å². The summed E-state index contributed by atoms with van der Waals surface area (Å²) in [7, 11) is 0. The van der Waals surface area contributed by atoms with E-state index in [0.717, 1.165) is 24.3 Å². The van der Waals surface area contributed by atoms with Crippen LogP contribution in [-0.2, 0) is 0 Å². The van der Waals surface area contributed by atoms with Crippen LogP contribution in [0.25, 0.3) is 0 Å². The van der Waals surface area contributed by atoms with Crippen molar-refractivity contribution in [1.29, 1.82) is 0 Å². The first-order valence-corrected chi connectivity index (χ1v) is 8.94. The van der Waals surface area contributed by atoms with Crippen LogP contribution in [0.1, 0.15) is 64.0 Å². The molecule has 2 aliphatic rings. The van der Waals surface area contributed by atoms with E-state index in [4.69, 9.17) is 0 Å². The van der Waals surface area contributed by atoms with Crippen molar-refractivity contribution in [2.75, 3.05) is 18.0 Å². The summed E-state index contributed by atoms with van der Waals surface area (Å²) in [6.45, 7) is 6.37. The van der Waals surface area contributed by atoms with Gasteiger partial charge in [0.2, 0.25) is 0 Å². The minimum Gasteiger partial charge on any atom is -0.369 e. The fourth-order valence-electron chi connectivity index (χ4n) is 4.00. The van der Waals surface area contributed by atoms with E-state index < -0.39 is 0 Å². The monoisotopic (exact) mass is 304 g/mol. The van der Waals surface area contributed by atoms with Crippen LogP contribution >= 0.6 is 0 Å². The predicted molar refractivity (Wildman–Crippen MR) is 90.8 cm³/mol. The fourth-order valence-corrected chi connectivity index (χ4v) is 4.00. The Kier molecular flexibility index (Phi) is 5.02. The smallest absolute Gasteiger partial charge is 0.146 e. The maximum absolute atomic E-state index is 14.6. The highest BCUT2D eigenvalue weighted by Crippen LogP contribution is 2.28. The number of nitrogens with zero attached hydrogens (tertiary/aromatic N) is 1. The molecule has 0 bridgehead atoms. The molecule has 0 unspecified atom stereocenters. The molecule has 1 aromatic carbocycles. The summed E-state index contributed by atoms with van der Waals surface area (Å²) in [4.78, 5) is 2.21. The van der Waals surface area contributed by atoms with Crippen LogP contribution < -0.4 is 10.2 Å². The number of rotatable bonds is 4. The molecule has 22 heavy (non-hydrogen) atoms. The lowest BCUT2D eigenvalue weighted by Gasteiger charge is -2.33. The first kappa shape index (κ1) is 15.8. The second-order valence-electron chi connectivity index (χ2n) is 7.27. The van der Waals surface area contributed by atoms with Crippen LogP contribution in [0.15, 0.2) is 18.2 Å². The van der Waals surface area contributed by atoms with Gasteiger partial charge in [-0.05, 0) is 56.2 Å². The number of halogens is 1. The fraction of sp³-hybridized carbons (Fsp3) is 0.684. The summed E-state index contributed by atoms with van der Waals surface area (Å²) in [5.74, 6) is 0.599. The van der Waals surface area contributed by atoms with Gasteiger partial charge in [0, 0.05) is 25.2 Å². The van der Waals surface area contributed by atoms with Crippen LogP contribution in [0, 0.1) is 11.7 Å². The Labute approximate surface area is 134 Å². The van der Waals surface area contributed by atoms with Crippen LogP contribution in [0.5, 0.6) is 0 Å². The van der Waals surface area contributed by atoms with Crippen molar-refractivity contribution < 1.29 is 4.39 Å². The molecule has 1 saturated heterocycles. The molecule has 0 aromatic heterocycles. The molecule has 1 N–H and O–H groups in total. The lowest BCUT2D eigenvalue weighted by molar-refractivity contribution is 0.441. The Hall–Kier alpha value is -1.09. The molecule has 0 amide bonds. The summed E-state index contributed by atoms with van der Waals surface area (Å²) in [6.07, 6.45) is 7.60. The Balaban J connectivity index is 1.68. The average molecular weight is 304 g/mol. The molecule has 3 heteroatoms. The summed E-state index contributed by atoms with van der Waals surface area (Å²) >= 11 is 0. The number of anilines is 1. The third kappa shape index (κ3) is 3.62. The van der Waals surface area contributed by atoms with Crippen molar-refractivity contribution in [3.05, 3.63) is 29.6 Å². The van der Waals surface area contributed by atoms with Crippen molar-refractivity contribution in [2.24, 2.45) is 5.92 Å². The minimum absolute atomic E-state index is 0.0633. The van der Waals surface area contributed by atoms with Crippen molar-refractivity contribution in [3.63, 3.8) is 0 Å². The first-order valence-electron chi connectivity index (χ1n) is 8.94. The maximum atomic E-state index is 14.6. The van der Waals surface area contributed by atoms with Gasteiger partial charge in [-0.15, -0.1) is 0 Å². The van der Waals surface area contributed by atoms with Gasteiger partial charge in [0.1, 0.15) is 5.82 Å². The average Bonchev–Trinajstić information content (AvgIpc) is 3.00. The van der Waals surface area contributed by atoms with Crippen molar-refractivity contribution in [3.8, 4) is 0 Å². The number of nitrogens with one attached hydrogen (secondary N) is 1. The number of piperidine rings is 1. The Morgan fingerprint density at radius 2 is 1.95 bits per heavy atom. The third-order valence-electron chi connectivity index (χ3n) is 5.31. The first-order chi connectivity index (χ1) is 10.6. The molecule has 122 valence electrons. The van der Waals surface area contributed by atoms with Crippen LogP contribution in [0.2, 0.25) is 0 Å². The molecule has 1 aliphatic heterocycles. The number of hydrogen-bond acceptors (Lipinski definition) is 2. The molecular formula is C19H29FN2. The molecule has 0 spiro atoms. The lowest BCUT2D eigenvalue weighted by atomic mass is 9.99. The molecule has 0 radical (unpaired) electrons. The zero-order valence-electron chi connectivity index (χ0n) is 13.9. The van der Waals surface area contributed by atoms with E-state index in [9.17, 15) is 4.39 Å². The second kappa shape index (κ2) is 6.99. The van der Waals surface area contributed by atoms with Crippen molar-refractivity contribution in [2.45, 2.75) is 64.5 Å². The molecule has 1 aliphatic carbocycles. The maximum Gasteiger partial charge on any atom is 0.146 e. The quantitative estimate of drug-likeness (QED) is 0.870. The van der Waals surface area contributed by atoms with Gasteiger partial charge in [0.25, 0.3) is 0 Å². The second-order valence-corrected chi connectivity index (χ2v) is 7.27. The lowest BCUT2D eigenvalue weighted by Crippen LogP contribution is -2.35. The zero-order chi connectivity index (χ0) is 15.5. The van der Waals surface area contributed by atoms with Gasteiger partial charge in [-0.1, -0.05) is 25.8 Å². The minimum atomic E-state index is -0.0633. The standard InChI is InChI=1S/C19H29FN2/c1-14-6-5-11-22(13-14)19-10-9-16(12-18(19)20)15(2)21-17-7-3-4-8-17/h9-10,12,14-15,17,21H,3-8,11,13H2,1-2H3/t14-,15-/m1/s1. The summed E-state index contributed by atoms with van der Waals surface area (Å²) in [5, 5.41) is 3.65. The molecular weight excluding hydrogens is 275 g/mol.